The van der Waals surface area contributed by atoms with Gasteiger partial charge in [0.2, 0.25) is 9.04 Å². The highest BCUT2D eigenvalue weighted by Crippen LogP contribution is 2.24. The molecule has 1 rings (SSSR count). The summed E-state index contributed by atoms with van der Waals surface area (Å²) >= 11 is 0. The molecule has 0 saturated heterocycles. The van der Waals surface area contributed by atoms with Crippen LogP contribution in [-0.2, 0) is 20.8 Å². The molecule has 26 heavy (non-hydrogen) atoms. The van der Waals surface area contributed by atoms with E-state index in [-0.39, 0.29) is 11.2 Å². The number of rotatable bonds is 13. The molecular formula is C21H38O4Si. The maximum absolute atomic E-state index is 6.25. The van der Waals surface area contributed by atoms with Crippen molar-refractivity contribution < 1.29 is 18.6 Å². The summed E-state index contributed by atoms with van der Waals surface area (Å²) in [6, 6.07) is 9.30. The molecule has 0 N–H and O–H groups in total. The van der Waals surface area contributed by atoms with Gasteiger partial charge in [-0.1, -0.05) is 24.6 Å². The molecule has 4 nitrogen and oxygen atoms in total. The molecule has 0 aliphatic heterocycles. The fourth-order valence-electron chi connectivity index (χ4n) is 2.73. The van der Waals surface area contributed by atoms with Crippen LogP contribution in [0.5, 0.6) is 5.75 Å². The first-order chi connectivity index (χ1) is 12.2. The van der Waals surface area contributed by atoms with Crippen molar-refractivity contribution in [1.29, 1.82) is 0 Å². The Kier molecular flexibility index (Phi) is 9.86. The van der Waals surface area contributed by atoms with Crippen molar-refractivity contribution in [1.82, 2.24) is 0 Å². The summed E-state index contributed by atoms with van der Waals surface area (Å²) in [4.78, 5) is 0. The van der Waals surface area contributed by atoms with Crippen molar-refractivity contribution >= 4 is 9.04 Å². The first-order valence-corrected chi connectivity index (χ1v) is 12.1. The number of hydrogen-bond acceptors (Lipinski definition) is 4. The van der Waals surface area contributed by atoms with Gasteiger partial charge in [-0.2, -0.15) is 0 Å². The van der Waals surface area contributed by atoms with E-state index < -0.39 is 9.04 Å². The van der Waals surface area contributed by atoms with Gasteiger partial charge < -0.3 is 18.6 Å². The summed E-state index contributed by atoms with van der Waals surface area (Å²) in [5.41, 5.74) is 0.895. The number of methoxy groups -OCH3 is 2. The second kappa shape index (κ2) is 11.1. The van der Waals surface area contributed by atoms with Gasteiger partial charge in [0, 0.05) is 19.8 Å². The van der Waals surface area contributed by atoms with Gasteiger partial charge in [-0.05, 0) is 59.2 Å². The van der Waals surface area contributed by atoms with E-state index in [1.807, 2.05) is 18.2 Å². The Labute approximate surface area is 161 Å². The second-order valence-electron chi connectivity index (χ2n) is 8.18. The van der Waals surface area contributed by atoms with Crippen molar-refractivity contribution in [3.8, 4) is 5.75 Å². The van der Waals surface area contributed by atoms with E-state index >= 15 is 0 Å². The summed E-state index contributed by atoms with van der Waals surface area (Å²) in [5, 5.41) is 0. The SMILES string of the molecule is COCc1ccccc1O[SiH](C)CCCC(C)(C)OCCC(C)(C)OC. The first-order valence-electron chi connectivity index (χ1n) is 9.62. The molecule has 1 unspecified atom stereocenters. The molecule has 1 aromatic rings. The van der Waals surface area contributed by atoms with Gasteiger partial charge in [0.25, 0.3) is 0 Å². The molecule has 0 aliphatic rings. The van der Waals surface area contributed by atoms with Crippen molar-refractivity contribution in [2.24, 2.45) is 0 Å². The molecule has 5 heteroatoms. The minimum atomic E-state index is -1.26. The van der Waals surface area contributed by atoms with Crippen molar-refractivity contribution in [3.05, 3.63) is 29.8 Å². The highest BCUT2D eigenvalue weighted by atomic mass is 28.3. The third kappa shape index (κ3) is 9.17. The fraction of sp³-hybridized carbons (Fsp3) is 0.714. The van der Waals surface area contributed by atoms with Crippen LogP contribution < -0.4 is 4.43 Å². The van der Waals surface area contributed by atoms with Crippen LogP contribution >= 0.6 is 0 Å². The number of benzene rings is 1. The Morgan fingerprint density at radius 2 is 1.65 bits per heavy atom. The first kappa shape index (κ1) is 23.2. The fourth-order valence-corrected chi connectivity index (χ4v) is 4.29. The quantitative estimate of drug-likeness (QED) is 0.452. The van der Waals surface area contributed by atoms with Crippen molar-refractivity contribution in [2.45, 2.75) is 77.4 Å². The number of hydrogen-bond donors (Lipinski definition) is 0. The Morgan fingerprint density at radius 1 is 0.962 bits per heavy atom. The van der Waals surface area contributed by atoms with Crippen molar-refractivity contribution in [3.63, 3.8) is 0 Å². The lowest BCUT2D eigenvalue weighted by Gasteiger charge is -2.29. The molecule has 0 fully saturated rings. The van der Waals surface area contributed by atoms with E-state index in [1.54, 1.807) is 14.2 Å². The summed E-state index contributed by atoms with van der Waals surface area (Å²) in [6.45, 7) is 12.1. The van der Waals surface area contributed by atoms with Crippen LogP contribution in [0.2, 0.25) is 12.6 Å². The highest BCUT2D eigenvalue weighted by Gasteiger charge is 2.22. The normalized spacial score (nSPS) is 13.7. The Bertz CT molecular complexity index is 516. The molecular weight excluding hydrogens is 344 g/mol. The topological polar surface area (TPSA) is 36.9 Å². The van der Waals surface area contributed by atoms with Gasteiger partial charge in [-0.15, -0.1) is 0 Å². The van der Waals surface area contributed by atoms with E-state index in [1.165, 1.54) is 0 Å². The van der Waals surface area contributed by atoms with Gasteiger partial charge in [0.15, 0.2) is 0 Å². The lowest BCUT2D eigenvalue weighted by Crippen LogP contribution is -2.30. The van der Waals surface area contributed by atoms with E-state index in [4.69, 9.17) is 18.6 Å². The molecule has 1 atom stereocenters. The molecule has 0 heterocycles. The van der Waals surface area contributed by atoms with E-state index in [9.17, 15) is 0 Å². The smallest absolute Gasteiger partial charge is 0.232 e. The maximum Gasteiger partial charge on any atom is 0.232 e. The van der Waals surface area contributed by atoms with Gasteiger partial charge in [-0.25, -0.2) is 0 Å². The molecule has 0 radical (unpaired) electrons. The van der Waals surface area contributed by atoms with Gasteiger partial charge in [-0.3, -0.25) is 0 Å². The summed E-state index contributed by atoms with van der Waals surface area (Å²) in [7, 11) is 2.21. The summed E-state index contributed by atoms with van der Waals surface area (Å²) in [5.74, 6) is 0.978. The van der Waals surface area contributed by atoms with Gasteiger partial charge >= 0.3 is 0 Å². The van der Waals surface area contributed by atoms with Gasteiger partial charge in [0.05, 0.1) is 24.4 Å². The molecule has 0 amide bonds. The van der Waals surface area contributed by atoms with Crippen LogP contribution in [-0.4, -0.2) is 41.1 Å². The predicted molar refractivity (Wildman–Crippen MR) is 111 cm³/mol. The zero-order valence-corrected chi connectivity index (χ0v) is 18.9. The van der Waals surface area contributed by atoms with E-state index in [0.717, 1.165) is 43.2 Å². The van der Waals surface area contributed by atoms with Crippen LogP contribution in [0, 0.1) is 0 Å². The minimum Gasteiger partial charge on any atom is -0.546 e. The van der Waals surface area contributed by atoms with E-state index in [2.05, 4.69) is 40.3 Å². The monoisotopic (exact) mass is 382 g/mol. The van der Waals surface area contributed by atoms with E-state index in [0.29, 0.717) is 6.61 Å². The van der Waals surface area contributed by atoms with Gasteiger partial charge in [0.1, 0.15) is 5.75 Å². The number of ether oxygens (including phenoxy) is 3. The zero-order chi connectivity index (χ0) is 19.6. The number of para-hydroxylation sites is 1. The summed E-state index contributed by atoms with van der Waals surface area (Å²) < 4.78 is 23.1. The summed E-state index contributed by atoms with van der Waals surface area (Å²) in [6.07, 6.45) is 3.07. The molecule has 150 valence electrons. The van der Waals surface area contributed by atoms with Crippen LogP contribution in [0.3, 0.4) is 0 Å². The standard InChI is InChI=1S/C21H38O4Si/c1-20(2,23-6)14-15-24-21(3,4)13-10-16-26(7)25-19-12-9-8-11-18(19)17-22-5/h8-9,11-12,26H,10,13-17H2,1-7H3. The largest absolute Gasteiger partial charge is 0.546 e. The zero-order valence-electron chi connectivity index (χ0n) is 17.8. The Morgan fingerprint density at radius 3 is 2.31 bits per heavy atom. The minimum absolute atomic E-state index is 0.105. The average molecular weight is 383 g/mol. The second-order valence-corrected chi connectivity index (χ2v) is 10.6. The molecule has 1 aromatic carbocycles. The third-order valence-corrected chi connectivity index (χ3v) is 6.62. The lowest BCUT2D eigenvalue weighted by molar-refractivity contribution is -0.0613. The average Bonchev–Trinajstić information content (AvgIpc) is 2.56. The maximum atomic E-state index is 6.25. The Balaban J connectivity index is 2.35. The molecule has 0 saturated carbocycles. The lowest BCUT2D eigenvalue weighted by atomic mass is 10.0. The van der Waals surface area contributed by atoms with Crippen LogP contribution in [0.25, 0.3) is 0 Å². The van der Waals surface area contributed by atoms with Crippen LogP contribution in [0.4, 0.5) is 0 Å². The molecule has 0 spiro atoms. The molecule has 0 aliphatic carbocycles. The highest BCUT2D eigenvalue weighted by molar-refractivity contribution is 6.51. The van der Waals surface area contributed by atoms with Crippen LogP contribution in [0.15, 0.2) is 24.3 Å². The van der Waals surface area contributed by atoms with Crippen molar-refractivity contribution in [2.75, 3.05) is 20.8 Å². The Hall–Kier alpha value is -0.883. The predicted octanol–water partition coefficient (Wildman–Crippen LogP) is 4.96. The molecule has 0 aromatic heterocycles. The molecule has 0 bridgehead atoms. The third-order valence-electron chi connectivity index (χ3n) is 4.74. The van der Waals surface area contributed by atoms with Crippen LogP contribution in [0.1, 0.15) is 52.5 Å².